The van der Waals surface area contributed by atoms with Gasteiger partial charge in [-0.3, -0.25) is 9.59 Å². The van der Waals surface area contributed by atoms with Crippen molar-refractivity contribution in [3.63, 3.8) is 0 Å². The number of benzene rings is 2. The topological polar surface area (TPSA) is 67.4 Å². The quantitative estimate of drug-likeness (QED) is 0.803. The monoisotopic (exact) mass is 368 g/mol. The number of rotatable bonds is 6. The van der Waals surface area contributed by atoms with Crippen molar-refractivity contribution in [1.82, 2.24) is 5.32 Å². The maximum atomic E-state index is 12.7. The van der Waals surface area contributed by atoms with E-state index in [4.69, 9.17) is 4.74 Å². The molecule has 2 aromatic carbocycles. The van der Waals surface area contributed by atoms with Crippen molar-refractivity contribution >= 4 is 17.5 Å². The van der Waals surface area contributed by atoms with Gasteiger partial charge in [-0.15, -0.1) is 0 Å². The van der Waals surface area contributed by atoms with E-state index >= 15 is 0 Å². The molecule has 5 heteroatoms. The fraction of sp³-hybridized carbons (Fsp3) is 0.364. The second kappa shape index (κ2) is 8.71. The van der Waals surface area contributed by atoms with Crippen LogP contribution >= 0.6 is 0 Å². The van der Waals surface area contributed by atoms with Gasteiger partial charge in [-0.25, -0.2) is 0 Å². The van der Waals surface area contributed by atoms with E-state index in [1.807, 2.05) is 48.5 Å². The number of carbonyl (C=O) groups excluding carboxylic acids is 2. The summed E-state index contributed by atoms with van der Waals surface area (Å²) in [6, 6.07) is 14.9. The van der Waals surface area contributed by atoms with E-state index in [-0.39, 0.29) is 29.7 Å². The van der Waals surface area contributed by atoms with Crippen molar-refractivity contribution in [2.75, 3.05) is 12.4 Å². The molecule has 2 aromatic rings. The molecule has 0 fully saturated rings. The van der Waals surface area contributed by atoms with Crippen molar-refractivity contribution in [2.24, 2.45) is 0 Å². The predicted octanol–water partition coefficient (Wildman–Crippen LogP) is 4.20. The van der Waals surface area contributed by atoms with Gasteiger partial charge < -0.3 is 15.4 Å². The Morgan fingerprint density at radius 2 is 1.74 bits per heavy atom. The number of amides is 2. The van der Waals surface area contributed by atoms with Crippen LogP contribution in [-0.4, -0.2) is 18.9 Å². The molecule has 0 aliphatic carbocycles. The SMILES string of the molecule is COc1ccc(C(C)(C)C)cc1NC(=O)C[C@@H](NC(C)=O)c1ccccc1. The molecule has 0 spiro atoms. The Labute approximate surface area is 161 Å². The highest BCUT2D eigenvalue weighted by atomic mass is 16.5. The van der Waals surface area contributed by atoms with E-state index in [9.17, 15) is 9.59 Å². The second-order valence-electron chi connectivity index (χ2n) is 7.58. The summed E-state index contributed by atoms with van der Waals surface area (Å²) in [6.45, 7) is 7.79. The van der Waals surface area contributed by atoms with E-state index in [1.54, 1.807) is 7.11 Å². The van der Waals surface area contributed by atoms with Crippen molar-refractivity contribution < 1.29 is 14.3 Å². The van der Waals surface area contributed by atoms with E-state index in [2.05, 4.69) is 31.4 Å². The fourth-order valence-electron chi connectivity index (χ4n) is 2.84. The van der Waals surface area contributed by atoms with Crippen LogP contribution in [0.25, 0.3) is 0 Å². The summed E-state index contributed by atoms with van der Waals surface area (Å²) in [6.07, 6.45) is 0.131. The van der Waals surface area contributed by atoms with Crippen molar-refractivity contribution in [3.8, 4) is 5.75 Å². The molecule has 0 radical (unpaired) electrons. The second-order valence-corrected chi connectivity index (χ2v) is 7.58. The highest BCUT2D eigenvalue weighted by Gasteiger charge is 2.20. The molecule has 0 saturated carbocycles. The zero-order valence-corrected chi connectivity index (χ0v) is 16.6. The van der Waals surface area contributed by atoms with E-state index in [1.165, 1.54) is 6.92 Å². The van der Waals surface area contributed by atoms with Crippen LogP contribution in [0.15, 0.2) is 48.5 Å². The molecule has 27 heavy (non-hydrogen) atoms. The Bertz CT molecular complexity index is 795. The summed E-state index contributed by atoms with van der Waals surface area (Å²) in [5, 5.41) is 5.78. The Kier molecular flexibility index (Phi) is 6.61. The van der Waals surface area contributed by atoms with Crippen molar-refractivity contribution in [1.29, 1.82) is 0 Å². The van der Waals surface area contributed by atoms with Crippen molar-refractivity contribution in [3.05, 3.63) is 59.7 Å². The van der Waals surface area contributed by atoms with Gasteiger partial charge in [0, 0.05) is 6.92 Å². The Morgan fingerprint density at radius 3 is 2.30 bits per heavy atom. The molecule has 0 aliphatic heterocycles. The minimum atomic E-state index is -0.388. The Morgan fingerprint density at radius 1 is 1.07 bits per heavy atom. The molecule has 2 rings (SSSR count). The van der Waals surface area contributed by atoms with Crippen LogP contribution < -0.4 is 15.4 Å². The average Bonchev–Trinajstić information content (AvgIpc) is 2.60. The normalized spacial score (nSPS) is 12.2. The van der Waals surface area contributed by atoms with Gasteiger partial charge in [0.05, 0.1) is 25.3 Å². The van der Waals surface area contributed by atoms with E-state index < -0.39 is 0 Å². The van der Waals surface area contributed by atoms with Gasteiger partial charge in [0.2, 0.25) is 11.8 Å². The van der Waals surface area contributed by atoms with Gasteiger partial charge in [0.25, 0.3) is 0 Å². The summed E-state index contributed by atoms with van der Waals surface area (Å²) in [7, 11) is 1.58. The molecule has 0 bridgehead atoms. The molecule has 2 amide bonds. The number of ether oxygens (including phenoxy) is 1. The molecule has 0 unspecified atom stereocenters. The first-order chi connectivity index (χ1) is 12.7. The lowest BCUT2D eigenvalue weighted by Crippen LogP contribution is -2.29. The summed E-state index contributed by atoms with van der Waals surface area (Å²) in [4.78, 5) is 24.2. The van der Waals surface area contributed by atoms with Crippen LogP contribution in [0.5, 0.6) is 5.75 Å². The number of carbonyl (C=O) groups is 2. The average molecular weight is 368 g/mol. The van der Waals surface area contributed by atoms with Crippen LogP contribution in [0.3, 0.4) is 0 Å². The van der Waals surface area contributed by atoms with Crippen LogP contribution in [0, 0.1) is 0 Å². The highest BCUT2D eigenvalue weighted by molar-refractivity contribution is 5.93. The summed E-state index contributed by atoms with van der Waals surface area (Å²) >= 11 is 0. The van der Waals surface area contributed by atoms with Gasteiger partial charge in [-0.05, 0) is 28.7 Å². The molecule has 2 N–H and O–H groups in total. The minimum absolute atomic E-state index is 0.0471. The molecular weight excluding hydrogens is 340 g/mol. The zero-order valence-electron chi connectivity index (χ0n) is 16.6. The maximum Gasteiger partial charge on any atom is 0.226 e. The lowest BCUT2D eigenvalue weighted by molar-refractivity contribution is -0.120. The molecule has 0 aliphatic rings. The van der Waals surface area contributed by atoms with Crippen LogP contribution in [0.4, 0.5) is 5.69 Å². The first-order valence-corrected chi connectivity index (χ1v) is 9.01. The number of nitrogens with one attached hydrogen (secondary N) is 2. The molecule has 5 nitrogen and oxygen atoms in total. The molecule has 0 heterocycles. The molecule has 0 saturated heterocycles. The smallest absolute Gasteiger partial charge is 0.226 e. The minimum Gasteiger partial charge on any atom is -0.495 e. The molecular formula is C22H28N2O3. The lowest BCUT2D eigenvalue weighted by atomic mass is 9.87. The van der Waals surface area contributed by atoms with Gasteiger partial charge in [0.1, 0.15) is 5.75 Å². The first kappa shape index (κ1) is 20.5. The zero-order chi connectivity index (χ0) is 20.0. The summed E-state index contributed by atoms with van der Waals surface area (Å²) < 4.78 is 5.38. The number of anilines is 1. The highest BCUT2D eigenvalue weighted by Crippen LogP contribution is 2.31. The Balaban J connectivity index is 2.21. The maximum absolute atomic E-state index is 12.7. The Hall–Kier alpha value is -2.82. The van der Waals surface area contributed by atoms with Crippen LogP contribution in [0.1, 0.15) is 51.3 Å². The first-order valence-electron chi connectivity index (χ1n) is 9.01. The van der Waals surface area contributed by atoms with Crippen LogP contribution in [-0.2, 0) is 15.0 Å². The fourth-order valence-corrected chi connectivity index (χ4v) is 2.84. The standard InChI is InChI=1S/C22H28N2O3/c1-15(25)23-18(16-9-7-6-8-10-16)14-21(26)24-19-13-17(22(2,3)4)11-12-20(19)27-5/h6-13,18H,14H2,1-5H3,(H,23,25)(H,24,26)/t18-/m1/s1. The van der Waals surface area contributed by atoms with Gasteiger partial charge in [-0.1, -0.05) is 57.2 Å². The molecule has 144 valence electrons. The summed E-state index contributed by atoms with van der Waals surface area (Å²) in [5.41, 5.74) is 2.57. The third kappa shape index (κ3) is 5.84. The number of hydrogen-bond donors (Lipinski definition) is 2. The summed E-state index contributed by atoms with van der Waals surface area (Å²) in [5.74, 6) is 0.234. The third-order valence-electron chi connectivity index (χ3n) is 4.31. The number of methoxy groups -OCH3 is 1. The predicted molar refractivity (Wildman–Crippen MR) is 108 cm³/mol. The number of hydrogen-bond acceptors (Lipinski definition) is 3. The largest absolute Gasteiger partial charge is 0.495 e. The van der Waals surface area contributed by atoms with E-state index in [0.717, 1.165) is 11.1 Å². The van der Waals surface area contributed by atoms with Gasteiger partial charge in [-0.2, -0.15) is 0 Å². The molecule has 1 atom stereocenters. The van der Waals surface area contributed by atoms with Crippen LogP contribution in [0.2, 0.25) is 0 Å². The third-order valence-corrected chi connectivity index (χ3v) is 4.31. The van der Waals surface area contributed by atoms with Crippen molar-refractivity contribution in [2.45, 2.75) is 45.6 Å². The van der Waals surface area contributed by atoms with E-state index in [0.29, 0.717) is 11.4 Å². The molecule has 0 aromatic heterocycles. The van der Waals surface area contributed by atoms with Gasteiger partial charge >= 0.3 is 0 Å². The van der Waals surface area contributed by atoms with Gasteiger partial charge in [0.15, 0.2) is 0 Å². The lowest BCUT2D eigenvalue weighted by Gasteiger charge is -2.22.